The molecule has 0 amide bonds. The minimum absolute atomic E-state index is 0. The Morgan fingerprint density at radius 3 is 2.41 bits per heavy atom. The van der Waals surface area contributed by atoms with E-state index in [0.29, 0.717) is 6.61 Å². The lowest BCUT2D eigenvalue weighted by Gasteiger charge is -2.35. The third-order valence-electron chi connectivity index (χ3n) is 6.17. The maximum absolute atomic E-state index is 5.90. The van der Waals surface area contributed by atoms with Gasteiger partial charge < -0.3 is 19.1 Å². The first-order chi connectivity index (χ1) is 15.8. The van der Waals surface area contributed by atoms with Gasteiger partial charge in [-0.1, -0.05) is 31.2 Å². The molecule has 2 aromatic carbocycles. The van der Waals surface area contributed by atoms with Gasteiger partial charge in [0.05, 0.1) is 18.6 Å². The molecule has 34 heavy (non-hydrogen) atoms. The molecule has 5 rings (SSSR count). The Hall–Kier alpha value is -2.80. The fraction of sp³-hybridized carbons (Fsp3) is 0.308. The van der Waals surface area contributed by atoms with Crippen molar-refractivity contribution in [3.05, 3.63) is 73.3 Å². The number of anilines is 1. The maximum Gasteiger partial charge on any atom is 0.137 e. The minimum Gasteiger partial charge on any atom is -0.492 e. The topological polar surface area (TPSA) is 46.4 Å². The third-order valence-corrected chi connectivity index (χ3v) is 6.17. The molecule has 8 heteroatoms. The van der Waals surface area contributed by atoms with Crippen LogP contribution in [0.15, 0.2) is 73.3 Å². The van der Waals surface area contributed by atoms with Crippen LogP contribution in [-0.2, 0) is 6.54 Å². The number of nitrogens with zero attached hydrogens (tertiary/aromatic N) is 5. The number of ether oxygens (including phenoxy) is 1. The molecule has 0 N–H and O–H groups in total. The Labute approximate surface area is 213 Å². The number of benzene rings is 2. The molecular formula is C26H31Cl2N5O. The number of pyridine rings is 1. The van der Waals surface area contributed by atoms with E-state index in [9.17, 15) is 0 Å². The quantitative estimate of drug-likeness (QED) is 0.351. The SMILES string of the molecule is CCN1CCN(c2nc(-c3ccc(OCCn4ccnc4)cc3)cc3ccccc23)CC1.Cl.Cl. The molecule has 0 spiro atoms. The highest BCUT2D eigenvalue weighted by molar-refractivity contribution is 5.95. The van der Waals surface area contributed by atoms with E-state index < -0.39 is 0 Å². The summed E-state index contributed by atoms with van der Waals surface area (Å²) in [5.74, 6) is 1.96. The number of rotatable bonds is 7. The first-order valence-electron chi connectivity index (χ1n) is 11.4. The number of fused-ring (bicyclic) bond motifs is 1. The van der Waals surface area contributed by atoms with Crippen LogP contribution in [-0.4, -0.2) is 58.8 Å². The van der Waals surface area contributed by atoms with Crippen molar-refractivity contribution in [2.75, 3.05) is 44.2 Å². The van der Waals surface area contributed by atoms with Crippen LogP contribution in [0.25, 0.3) is 22.0 Å². The second kappa shape index (κ2) is 12.1. The first kappa shape index (κ1) is 25.8. The zero-order valence-corrected chi connectivity index (χ0v) is 21.0. The molecule has 0 radical (unpaired) electrons. The molecule has 0 bridgehead atoms. The molecule has 1 aliphatic heterocycles. The molecule has 0 aliphatic carbocycles. The summed E-state index contributed by atoms with van der Waals surface area (Å²) < 4.78 is 7.91. The summed E-state index contributed by atoms with van der Waals surface area (Å²) in [5.41, 5.74) is 2.10. The van der Waals surface area contributed by atoms with E-state index in [0.717, 1.165) is 62.1 Å². The Bertz CT molecular complexity index is 1160. The maximum atomic E-state index is 5.90. The van der Waals surface area contributed by atoms with Crippen LogP contribution < -0.4 is 9.64 Å². The van der Waals surface area contributed by atoms with E-state index in [1.807, 2.05) is 22.9 Å². The molecule has 1 aliphatic rings. The Morgan fingerprint density at radius 1 is 0.941 bits per heavy atom. The number of aromatic nitrogens is 3. The summed E-state index contributed by atoms with van der Waals surface area (Å²) in [7, 11) is 0. The molecule has 6 nitrogen and oxygen atoms in total. The summed E-state index contributed by atoms with van der Waals surface area (Å²) in [6, 6.07) is 19.0. The normalized spacial score (nSPS) is 13.9. The Balaban J connectivity index is 0.00000162. The van der Waals surface area contributed by atoms with E-state index in [4.69, 9.17) is 9.72 Å². The van der Waals surface area contributed by atoms with Gasteiger partial charge in [0.25, 0.3) is 0 Å². The van der Waals surface area contributed by atoms with Gasteiger partial charge in [-0.25, -0.2) is 9.97 Å². The first-order valence-corrected chi connectivity index (χ1v) is 11.4. The molecule has 2 aromatic heterocycles. The second-order valence-electron chi connectivity index (χ2n) is 8.15. The van der Waals surface area contributed by atoms with Crippen LogP contribution in [0, 0.1) is 0 Å². The van der Waals surface area contributed by atoms with E-state index in [1.54, 1.807) is 12.5 Å². The molecule has 4 aromatic rings. The zero-order chi connectivity index (χ0) is 21.8. The molecule has 1 saturated heterocycles. The lowest BCUT2D eigenvalue weighted by atomic mass is 10.1. The van der Waals surface area contributed by atoms with Gasteiger partial charge in [-0.2, -0.15) is 0 Å². The summed E-state index contributed by atoms with van der Waals surface area (Å²) in [6.07, 6.45) is 5.53. The Morgan fingerprint density at radius 2 is 1.71 bits per heavy atom. The van der Waals surface area contributed by atoms with E-state index >= 15 is 0 Å². The van der Waals surface area contributed by atoms with Crippen molar-refractivity contribution < 1.29 is 4.74 Å². The van der Waals surface area contributed by atoms with Crippen molar-refractivity contribution in [1.29, 1.82) is 0 Å². The van der Waals surface area contributed by atoms with Crippen molar-refractivity contribution in [1.82, 2.24) is 19.4 Å². The molecule has 1 fully saturated rings. The molecule has 3 heterocycles. The highest BCUT2D eigenvalue weighted by Crippen LogP contribution is 2.31. The smallest absolute Gasteiger partial charge is 0.137 e. The highest BCUT2D eigenvalue weighted by Gasteiger charge is 2.19. The van der Waals surface area contributed by atoms with Crippen molar-refractivity contribution in [2.45, 2.75) is 13.5 Å². The minimum atomic E-state index is 0. The summed E-state index contributed by atoms with van der Waals surface area (Å²) >= 11 is 0. The zero-order valence-electron chi connectivity index (χ0n) is 19.3. The van der Waals surface area contributed by atoms with Crippen LogP contribution in [0.1, 0.15) is 6.92 Å². The van der Waals surface area contributed by atoms with Gasteiger partial charge in [0.15, 0.2) is 0 Å². The van der Waals surface area contributed by atoms with E-state index in [2.05, 4.69) is 64.2 Å². The fourth-order valence-electron chi connectivity index (χ4n) is 4.26. The van der Waals surface area contributed by atoms with Gasteiger partial charge in [0, 0.05) is 49.5 Å². The van der Waals surface area contributed by atoms with Crippen molar-refractivity contribution >= 4 is 41.4 Å². The van der Waals surface area contributed by atoms with Crippen LogP contribution in [0.4, 0.5) is 5.82 Å². The molecule has 180 valence electrons. The number of imidazole rings is 1. The van der Waals surface area contributed by atoms with E-state index in [-0.39, 0.29) is 24.8 Å². The average molecular weight is 500 g/mol. The van der Waals surface area contributed by atoms with Crippen LogP contribution >= 0.6 is 24.8 Å². The number of likely N-dealkylation sites (N-methyl/N-ethyl adjacent to an activating group) is 1. The van der Waals surface area contributed by atoms with Crippen LogP contribution in [0.3, 0.4) is 0 Å². The summed E-state index contributed by atoms with van der Waals surface area (Å²) in [4.78, 5) is 14.1. The van der Waals surface area contributed by atoms with Crippen molar-refractivity contribution in [3.8, 4) is 17.0 Å². The van der Waals surface area contributed by atoms with Gasteiger partial charge >= 0.3 is 0 Å². The third kappa shape index (κ3) is 5.81. The highest BCUT2D eigenvalue weighted by atomic mass is 35.5. The predicted octanol–water partition coefficient (Wildman–Crippen LogP) is 5.16. The van der Waals surface area contributed by atoms with Crippen molar-refractivity contribution in [3.63, 3.8) is 0 Å². The van der Waals surface area contributed by atoms with Gasteiger partial charge in [-0.05, 0) is 42.3 Å². The molecule has 0 unspecified atom stereocenters. The van der Waals surface area contributed by atoms with Gasteiger partial charge in [0.2, 0.25) is 0 Å². The summed E-state index contributed by atoms with van der Waals surface area (Å²) in [6.45, 7) is 8.92. The Kier molecular flexibility index (Phi) is 9.16. The molecular weight excluding hydrogens is 469 g/mol. The second-order valence-corrected chi connectivity index (χ2v) is 8.15. The largest absolute Gasteiger partial charge is 0.492 e. The monoisotopic (exact) mass is 499 g/mol. The van der Waals surface area contributed by atoms with Crippen LogP contribution in [0.5, 0.6) is 5.75 Å². The average Bonchev–Trinajstić information content (AvgIpc) is 3.37. The fourth-order valence-corrected chi connectivity index (χ4v) is 4.26. The van der Waals surface area contributed by atoms with Gasteiger partial charge in [-0.3, -0.25) is 0 Å². The number of hydrogen-bond acceptors (Lipinski definition) is 5. The standard InChI is InChI=1S/C26H29N5O.2ClH/c1-2-29-13-15-31(16-14-29)26-24-6-4-3-5-22(24)19-25(28-26)21-7-9-23(10-8-21)32-18-17-30-12-11-27-20-30;;/h3-12,19-20H,2,13-18H2,1H3;2*1H. The summed E-state index contributed by atoms with van der Waals surface area (Å²) in [5, 5.41) is 2.45. The van der Waals surface area contributed by atoms with Crippen LogP contribution in [0.2, 0.25) is 0 Å². The number of piperazine rings is 1. The van der Waals surface area contributed by atoms with Crippen molar-refractivity contribution in [2.24, 2.45) is 0 Å². The molecule has 0 saturated carbocycles. The predicted molar refractivity (Wildman–Crippen MR) is 144 cm³/mol. The lowest BCUT2D eigenvalue weighted by molar-refractivity contribution is 0.271. The van der Waals surface area contributed by atoms with Gasteiger partial charge in [-0.15, -0.1) is 24.8 Å². The van der Waals surface area contributed by atoms with Gasteiger partial charge in [0.1, 0.15) is 18.2 Å². The number of hydrogen-bond donors (Lipinski definition) is 0. The molecule has 0 atom stereocenters. The lowest BCUT2D eigenvalue weighted by Crippen LogP contribution is -2.46. The van der Waals surface area contributed by atoms with E-state index in [1.165, 1.54) is 10.8 Å². The number of halogens is 2.